The normalized spacial score (nSPS) is 14.7. The summed E-state index contributed by atoms with van der Waals surface area (Å²) < 4.78 is 0.756. The second kappa shape index (κ2) is 9.95. The van der Waals surface area contributed by atoms with Crippen molar-refractivity contribution in [1.82, 2.24) is 9.97 Å². The van der Waals surface area contributed by atoms with Gasteiger partial charge in [0.15, 0.2) is 5.82 Å². The Morgan fingerprint density at radius 3 is 1.71 bits per heavy atom. The van der Waals surface area contributed by atoms with Crippen LogP contribution in [-0.2, 0) is 10.8 Å². The Hall–Kier alpha value is -5.63. The molecule has 0 N–H and O–H groups in total. The second-order valence-corrected chi connectivity index (χ2v) is 14.6. The van der Waals surface area contributed by atoms with Gasteiger partial charge in [-0.05, 0) is 84.2 Å². The first-order chi connectivity index (χ1) is 23.9. The number of benzene rings is 6. The van der Waals surface area contributed by atoms with Crippen molar-refractivity contribution >= 4 is 15.9 Å². The van der Waals surface area contributed by atoms with Crippen LogP contribution in [0.5, 0.6) is 0 Å². The molecular weight excluding hydrogens is 662 g/mol. The van der Waals surface area contributed by atoms with Gasteiger partial charge < -0.3 is 0 Å². The molecule has 3 aliphatic rings. The summed E-state index contributed by atoms with van der Waals surface area (Å²) in [6.07, 6.45) is 0. The summed E-state index contributed by atoms with van der Waals surface area (Å²) in [4.78, 5) is 10.8. The number of nitriles is 1. The van der Waals surface area contributed by atoms with Crippen LogP contribution in [0, 0.1) is 11.3 Å². The van der Waals surface area contributed by atoms with E-state index in [0.717, 1.165) is 38.1 Å². The lowest BCUT2D eigenvalue weighted by Gasteiger charge is -2.30. The SMILES string of the molecule is CC1(C)c2ccccc2-c2nc(-c3ccc(Br)c(C#N)c3)nc(-c3cccc4c3-c3ccccc3C43c4ccccc4-c4ccccc43)c21. The standard InChI is InChI=1S/C45H28BrN3/c1-44(2)33-17-7-6-15-31(33)41-40(44)42(49-43(48-41)26-22-23-38(46)27(24-26)25-47)32-16-11-21-37-39(32)30-14-5-10-20-36(30)45(37)34-18-8-3-12-28(34)29-13-4-9-19-35(29)45/h3-24H,1-2H3. The summed E-state index contributed by atoms with van der Waals surface area (Å²) in [5, 5.41) is 9.89. The van der Waals surface area contributed by atoms with Crippen LogP contribution in [0.2, 0.25) is 0 Å². The topological polar surface area (TPSA) is 49.6 Å². The molecule has 1 spiro atoms. The average molecular weight is 691 g/mol. The number of hydrogen-bond donors (Lipinski definition) is 0. The molecule has 7 aromatic rings. The van der Waals surface area contributed by atoms with Gasteiger partial charge in [-0.3, -0.25) is 0 Å². The third-order valence-corrected chi connectivity index (χ3v) is 11.7. The van der Waals surface area contributed by atoms with Gasteiger partial charge in [0.1, 0.15) is 6.07 Å². The molecular formula is C45H28BrN3. The van der Waals surface area contributed by atoms with E-state index in [1.807, 2.05) is 18.2 Å². The largest absolute Gasteiger partial charge is 0.228 e. The van der Waals surface area contributed by atoms with Crippen LogP contribution in [0.4, 0.5) is 0 Å². The molecule has 230 valence electrons. The van der Waals surface area contributed by atoms with Gasteiger partial charge in [0.2, 0.25) is 0 Å². The Labute approximate surface area is 293 Å². The van der Waals surface area contributed by atoms with Crippen LogP contribution in [0.1, 0.15) is 52.8 Å². The van der Waals surface area contributed by atoms with E-state index in [1.165, 1.54) is 50.1 Å². The van der Waals surface area contributed by atoms with Gasteiger partial charge in [-0.25, -0.2) is 9.97 Å². The Bertz CT molecular complexity index is 2580. The van der Waals surface area contributed by atoms with Crippen molar-refractivity contribution in [3.8, 4) is 62.2 Å². The molecule has 4 heteroatoms. The highest BCUT2D eigenvalue weighted by Gasteiger charge is 2.52. The van der Waals surface area contributed by atoms with Crippen LogP contribution < -0.4 is 0 Å². The minimum atomic E-state index is -0.444. The molecule has 0 fully saturated rings. The molecule has 3 aliphatic carbocycles. The van der Waals surface area contributed by atoms with Gasteiger partial charge in [-0.15, -0.1) is 0 Å². The maximum Gasteiger partial charge on any atom is 0.160 e. The Morgan fingerprint density at radius 1 is 0.551 bits per heavy atom. The summed E-state index contributed by atoms with van der Waals surface area (Å²) >= 11 is 3.54. The molecule has 0 atom stereocenters. The van der Waals surface area contributed by atoms with Gasteiger partial charge in [-0.1, -0.05) is 129 Å². The third-order valence-electron chi connectivity index (χ3n) is 11.0. The van der Waals surface area contributed by atoms with Crippen LogP contribution >= 0.6 is 15.9 Å². The molecule has 0 saturated heterocycles. The van der Waals surface area contributed by atoms with Gasteiger partial charge in [0.25, 0.3) is 0 Å². The molecule has 0 saturated carbocycles. The Balaban J connectivity index is 1.33. The summed E-state index contributed by atoms with van der Waals surface area (Å²) in [5.41, 5.74) is 17.3. The maximum absolute atomic E-state index is 9.89. The van der Waals surface area contributed by atoms with Crippen molar-refractivity contribution in [2.75, 3.05) is 0 Å². The van der Waals surface area contributed by atoms with Crippen molar-refractivity contribution in [2.24, 2.45) is 0 Å². The van der Waals surface area contributed by atoms with Gasteiger partial charge >= 0.3 is 0 Å². The summed E-state index contributed by atoms with van der Waals surface area (Å²) in [5.74, 6) is 0.611. The fourth-order valence-electron chi connectivity index (χ4n) is 9.03. The first-order valence-corrected chi connectivity index (χ1v) is 17.4. The average Bonchev–Trinajstić information content (AvgIpc) is 3.71. The van der Waals surface area contributed by atoms with Gasteiger partial charge in [0, 0.05) is 32.1 Å². The summed E-state index contributed by atoms with van der Waals surface area (Å²) in [6, 6.07) is 50.3. The van der Waals surface area contributed by atoms with E-state index in [9.17, 15) is 5.26 Å². The number of rotatable bonds is 2. The monoisotopic (exact) mass is 689 g/mol. The van der Waals surface area contributed by atoms with Crippen LogP contribution in [0.25, 0.3) is 56.2 Å². The third kappa shape index (κ3) is 3.55. The van der Waals surface area contributed by atoms with Gasteiger partial charge in [-0.2, -0.15) is 5.26 Å². The lowest BCUT2D eigenvalue weighted by atomic mass is 9.70. The van der Waals surface area contributed by atoms with E-state index in [4.69, 9.17) is 9.97 Å². The van der Waals surface area contributed by atoms with E-state index in [1.54, 1.807) is 0 Å². The predicted octanol–water partition coefficient (Wildman–Crippen LogP) is 11.1. The van der Waals surface area contributed by atoms with E-state index in [0.29, 0.717) is 11.4 Å². The number of nitrogens with zero attached hydrogens (tertiary/aromatic N) is 3. The van der Waals surface area contributed by atoms with Crippen molar-refractivity contribution < 1.29 is 0 Å². The van der Waals surface area contributed by atoms with E-state index < -0.39 is 5.41 Å². The highest BCUT2D eigenvalue weighted by Crippen LogP contribution is 2.64. The van der Waals surface area contributed by atoms with E-state index >= 15 is 0 Å². The Kier molecular flexibility index (Phi) is 5.76. The van der Waals surface area contributed by atoms with Crippen molar-refractivity contribution in [2.45, 2.75) is 24.7 Å². The minimum absolute atomic E-state index is 0.331. The molecule has 49 heavy (non-hydrogen) atoms. The molecule has 0 aliphatic heterocycles. The first kappa shape index (κ1) is 28.4. The molecule has 6 aromatic carbocycles. The number of halogens is 1. The van der Waals surface area contributed by atoms with Crippen molar-refractivity contribution in [1.29, 1.82) is 5.26 Å². The van der Waals surface area contributed by atoms with Crippen molar-refractivity contribution in [3.63, 3.8) is 0 Å². The zero-order valence-electron chi connectivity index (χ0n) is 26.9. The summed E-state index contributed by atoms with van der Waals surface area (Å²) in [7, 11) is 0. The van der Waals surface area contributed by atoms with E-state index in [-0.39, 0.29) is 5.41 Å². The lowest BCUT2D eigenvalue weighted by Crippen LogP contribution is -2.25. The maximum atomic E-state index is 9.89. The van der Waals surface area contributed by atoms with Gasteiger partial charge in [0.05, 0.1) is 22.4 Å². The number of fused-ring (bicyclic) bond motifs is 13. The summed E-state index contributed by atoms with van der Waals surface area (Å²) in [6.45, 7) is 4.58. The zero-order valence-corrected chi connectivity index (χ0v) is 28.5. The predicted molar refractivity (Wildman–Crippen MR) is 199 cm³/mol. The molecule has 0 radical (unpaired) electrons. The minimum Gasteiger partial charge on any atom is -0.228 e. The molecule has 1 aromatic heterocycles. The molecule has 10 rings (SSSR count). The molecule has 0 unspecified atom stereocenters. The number of hydrogen-bond acceptors (Lipinski definition) is 3. The molecule has 3 nitrogen and oxygen atoms in total. The highest BCUT2D eigenvalue weighted by molar-refractivity contribution is 9.10. The van der Waals surface area contributed by atoms with Crippen LogP contribution in [0.15, 0.2) is 138 Å². The second-order valence-electron chi connectivity index (χ2n) is 13.7. The van der Waals surface area contributed by atoms with Crippen LogP contribution in [0.3, 0.4) is 0 Å². The molecule has 0 bridgehead atoms. The molecule has 0 amide bonds. The fraction of sp³-hybridized carbons (Fsp3) is 0.0889. The lowest BCUT2D eigenvalue weighted by molar-refractivity contribution is 0.658. The van der Waals surface area contributed by atoms with E-state index in [2.05, 4.69) is 151 Å². The van der Waals surface area contributed by atoms with Crippen LogP contribution in [-0.4, -0.2) is 9.97 Å². The smallest absolute Gasteiger partial charge is 0.160 e. The quantitative estimate of drug-likeness (QED) is 0.181. The van der Waals surface area contributed by atoms with Crippen molar-refractivity contribution in [3.05, 3.63) is 177 Å². The molecule has 1 heterocycles. The Morgan fingerprint density at radius 2 is 1.06 bits per heavy atom. The first-order valence-electron chi connectivity index (χ1n) is 16.6. The number of aromatic nitrogens is 2. The zero-order chi connectivity index (χ0) is 33.1. The fourth-order valence-corrected chi connectivity index (χ4v) is 9.37. The highest BCUT2D eigenvalue weighted by atomic mass is 79.9.